The molecule has 186 valence electrons. The zero-order chi connectivity index (χ0) is 25.6. The average Bonchev–Trinajstić information content (AvgIpc) is 2.84. The second kappa shape index (κ2) is 11.5. The molecule has 0 spiro atoms. The summed E-state index contributed by atoms with van der Waals surface area (Å²) in [6.45, 7) is 5.89. The maximum atomic E-state index is 13.4. The third-order valence-corrected chi connectivity index (χ3v) is 7.74. The van der Waals surface area contributed by atoms with E-state index >= 15 is 0 Å². The Morgan fingerprint density at radius 2 is 1.69 bits per heavy atom. The molecule has 0 aliphatic carbocycles. The highest BCUT2D eigenvalue weighted by atomic mass is 32.2. The van der Waals surface area contributed by atoms with Crippen LogP contribution in [0.2, 0.25) is 0 Å². The van der Waals surface area contributed by atoms with Crippen molar-refractivity contribution in [2.24, 2.45) is 0 Å². The fourth-order valence-corrected chi connectivity index (χ4v) is 5.02. The van der Waals surface area contributed by atoms with Crippen LogP contribution in [-0.2, 0) is 26.2 Å². The van der Waals surface area contributed by atoms with Crippen LogP contribution in [0.4, 0.5) is 0 Å². The molecule has 8 heteroatoms. The van der Waals surface area contributed by atoms with Gasteiger partial charge in [0.1, 0.15) is 6.04 Å². The number of likely N-dealkylation sites (N-methyl/N-ethyl adjacent to an activating group) is 1. The van der Waals surface area contributed by atoms with Gasteiger partial charge in [0.25, 0.3) is 0 Å². The minimum absolute atomic E-state index is 0.116. The predicted molar refractivity (Wildman–Crippen MR) is 138 cm³/mol. The largest absolute Gasteiger partial charge is 0.354 e. The van der Waals surface area contributed by atoms with Gasteiger partial charge in [0, 0.05) is 20.1 Å². The zero-order valence-electron chi connectivity index (χ0n) is 20.7. The number of fused-ring (bicyclic) bond motifs is 1. The predicted octanol–water partition coefficient (Wildman–Crippen LogP) is 3.71. The summed E-state index contributed by atoms with van der Waals surface area (Å²) >= 11 is 0. The van der Waals surface area contributed by atoms with Crippen molar-refractivity contribution in [2.75, 3.05) is 20.1 Å². The number of amides is 2. The standard InChI is InChI=1S/C27H33N3O4S/c1-5-15-28-27(32)21(3)30(18-22-10-8-9-20(2)16-22)26(31)19-29(4)35(33,34)25-14-13-23-11-6-7-12-24(23)17-25/h6-14,16-17,21H,5,15,18-19H2,1-4H3,(H,28,32). The number of nitrogens with one attached hydrogen (secondary N) is 1. The quantitative estimate of drug-likeness (QED) is 0.465. The molecule has 1 atom stereocenters. The smallest absolute Gasteiger partial charge is 0.243 e. The molecule has 0 radical (unpaired) electrons. The molecule has 0 saturated carbocycles. The lowest BCUT2D eigenvalue weighted by molar-refractivity contribution is -0.140. The Morgan fingerprint density at radius 1 is 0.971 bits per heavy atom. The van der Waals surface area contributed by atoms with Crippen LogP contribution in [0.15, 0.2) is 71.6 Å². The minimum atomic E-state index is -3.91. The van der Waals surface area contributed by atoms with Crippen molar-refractivity contribution >= 4 is 32.6 Å². The molecule has 0 bridgehead atoms. The number of rotatable bonds is 10. The number of carbonyl (C=O) groups excluding carboxylic acids is 2. The molecular formula is C27H33N3O4S. The molecule has 3 rings (SSSR count). The third kappa shape index (κ3) is 6.46. The van der Waals surface area contributed by atoms with Gasteiger partial charge in [-0.15, -0.1) is 0 Å². The van der Waals surface area contributed by atoms with Crippen molar-refractivity contribution in [1.29, 1.82) is 0 Å². The molecule has 0 heterocycles. The normalized spacial score (nSPS) is 12.5. The fourth-order valence-electron chi connectivity index (χ4n) is 3.86. The van der Waals surface area contributed by atoms with Gasteiger partial charge in [0.2, 0.25) is 21.8 Å². The summed E-state index contributed by atoms with van der Waals surface area (Å²) in [6, 6.07) is 19.3. The first-order valence-corrected chi connectivity index (χ1v) is 13.2. The number of sulfonamides is 1. The Labute approximate surface area is 207 Å². The first kappa shape index (κ1) is 26.4. The Balaban J connectivity index is 1.84. The summed E-state index contributed by atoms with van der Waals surface area (Å²) < 4.78 is 27.6. The van der Waals surface area contributed by atoms with Crippen molar-refractivity contribution < 1.29 is 18.0 Å². The molecule has 0 aliphatic rings. The number of carbonyl (C=O) groups is 2. The van der Waals surface area contributed by atoms with E-state index in [1.54, 1.807) is 25.1 Å². The lowest BCUT2D eigenvalue weighted by Gasteiger charge is -2.30. The van der Waals surface area contributed by atoms with Crippen LogP contribution in [0, 0.1) is 6.92 Å². The van der Waals surface area contributed by atoms with Gasteiger partial charge < -0.3 is 10.2 Å². The van der Waals surface area contributed by atoms with E-state index in [1.807, 2.05) is 62.4 Å². The highest BCUT2D eigenvalue weighted by Gasteiger charge is 2.30. The van der Waals surface area contributed by atoms with E-state index in [1.165, 1.54) is 11.9 Å². The molecule has 7 nitrogen and oxygen atoms in total. The molecule has 3 aromatic carbocycles. The lowest BCUT2D eigenvalue weighted by atomic mass is 10.1. The average molecular weight is 496 g/mol. The molecule has 2 amide bonds. The second-order valence-electron chi connectivity index (χ2n) is 8.75. The topological polar surface area (TPSA) is 86.8 Å². The van der Waals surface area contributed by atoms with Gasteiger partial charge in [-0.3, -0.25) is 9.59 Å². The molecule has 0 aliphatic heterocycles. The highest BCUT2D eigenvalue weighted by molar-refractivity contribution is 7.89. The van der Waals surface area contributed by atoms with Crippen molar-refractivity contribution in [1.82, 2.24) is 14.5 Å². The first-order chi connectivity index (χ1) is 16.6. The van der Waals surface area contributed by atoms with Crippen LogP contribution < -0.4 is 5.32 Å². The second-order valence-corrected chi connectivity index (χ2v) is 10.8. The number of hydrogen-bond acceptors (Lipinski definition) is 4. The van der Waals surface area contributed by atoms with E-state index in [0.717, 1.165) is 32.6 Å². The van der Waals surface area contributed by atoms with Crippen LogP contribution in [0.5, 0.6) is 0 Å². The molecular weight excluding hydrogens is 462 g/mol. The van der Waals surface area contributed by atoms with Crippen LogP contribution in [0.1, 0.15) is 31.4 Å². The summed E-state index contributed by atoms with van der Waals surface area (Å²) in [6.07, 6.45) is 0.775. The van der Waals surface area contributed by atoms with Crippen LogP contribution in [0.3, 0.4) is 0 Å². The van der Waals surface area contributed by atoms with Gasteiger partial charge in [-0.05, 0) is 48.7 Å². The maximum Gasteiger partial charge on any atom is 0.243 e. The van der Waals surface area contributed by atoms with Crippen LogP contribution in [-0.4, -0.2) is 55.6 Å². The molecule has 0 saturated heterocycles. The lowest BCUT2D eigenvalue weighted by Crippen LogP contribution is -2.50. The SMILES string of the molecule is CCCNC(=O)C(C)N(Cc1cccc(C)c1)C(=O)CN(C)S(=O)(=O)c1ccc2ccccc2c1. The van der Waals surface area contributed by atoms with Crippen molar-refractivity contribution in [3.8, 4) is 0 Å². The van der Waals surface area contributed by atoms with E-state index in [4.69, 9.17) is 0 Å². The molecule has 0 aromatic heterocycles. The van der Waals surface area contributed by atoms with Crippen LogP contribution >= 0.6 is 0 Å². The number of nitrogens with zero attached hydrogens (tertiary/aromatic N) is 2. The van der Waals surface area contributed by atoms with E-state index in [9.17, 15) is 18.0 Å². The first-order valence-electron chi connectivity index (χ1n) is 11.7. The van der Waals surface area contributed by atoms with Crippen molar-refractivity contribution in [3.63, 3.8) is 0 Å². The van der Waals surface area contributed by atoms with E-state index in [2.05, 4.69) is 5.32 Å². The molecule has 3 aromatic rings. The molecule has 1 N–H and O–H groups in total. The van der Waals surface area contributed by atoms with Crippen molar-refractivity contribution in [3.05, 3.63) is 77.9 Å². The monoisotopic (exact) mass is 495 g/mol. The number of hydrogen-bond donors (Lipinski definition) is 1. The minimum Gasteiger partial charge on any atom is -0.354 e. The Morgan fingerprint density at radius 3 is 2.37 bits per heavy atom. The summed E-state index contributed by atoms with van der Waals surface area (Å²) in [5.41, 5.74) is 1.91. The van der Waals surface area contributed by atoms with Crippen LogP contribution in [0.25, 0.3) is 10.8 Å². The van der Waals surface area contributed by atoms with E-state index < -0.39 is 22.0 Å². The van der Waals surface area contributed by atoms with E-state index in [-0.39, 0.29) is 23.9 Å². The highest BCUT2D eigenvalue weighted by Crippen LogP contribution is 2.22. The van der Waals surface area contributed by atoms with Gasteiger partial charge in [0.05, 0.1) is 11.4 Å². The summed E-state index contributed by atoms with van der Waals surface area (Å²) in [5, 5.41) is 4.56. The summed E-state index contributed by atoms with van der Waals surface area (Å²) in [4.78, 5) is 27.6. The van der Waals surface area contributed by atoms with Crippen molar-refractivity contribution in [2.45, 2.75) is 44.7 Å². The molecule has 35 heavy (non-hydrogen) atoms. The summed E-state index contributed by atoms with van der Waals surface area (Å²) in [7, 11) is -2.53. The molecule has 1 unspecified atom stereocenters. The Kier molecular flexibility index (Phi) is 8.64. The van der Waals surface area contributed by atoms with E-state index in [0.29, 0.717) is 6.54 Å². The zero-order valence-corrected chi connectivity index (χ0v) is 21.5. The van der Waals surface area contributed by atoms with Gasteiger partial charge in [-0.2, -0.15) is 4.31 Å². The summed E-state index contributed by atoms with van der Waals surface area (Å²) in [5.74, 6) is -0.717. The fraction of sp³-hybridized carbons (Fsp3) is 0.333. The molecule has 0 fully saturated rings. The Bertz CT molecular complexity index is 1310. The van der Waals surface area contributed by atoms with Gasteiger partial charge >= 0.3 is 0 Å². The number of aryl methyl sites for hydroxylation is 1. The number of benzene rings is 3. The van der Waals surface area contributed by atoms with Gasteiger partial charge in [-0.25, -0.2) is 8.42 Å². The third-order valence-electron chi connectivity index (χ3n) is 5.94. The Hall–Kier alpha value is -3.23. The van der Waals surface area contributed by atoms with Gasteiger partial charge in [0.15, 0.2) is 0 Å². The van der Waals surface area contributed by atoms with Gasteiger partial charge in [-0.1, -0.05) is 67.1 Å². The maximum absolute atomic E-state index is 13.4.